The summed E-state index contributed by atoms with van der Waals surface area (Å²) in [7, 11) is 0. The number of carboxylic acid groups (broad SMARTS) is 1. The number of fused-ring (bicyclic) bond motifs is 1. The number of nitrogens with zero attached hydrogens (tertiary/aromatic N) is 1. The third kappa shape index (κ3) is 4.85. The van der Waals surface area contributed by atoms with Gasteiger partial charge in [0.05, 0.1) is 12.5 Å². The van der Waals surface area contributed by atoms with E-state index in [-0.39, 0.29) is 5.92 Å². The highest BCUT2D eigenvalue weighted by atomic mass is 16.5. The van der Waals surface area contributed by atoms with Crippen LogP contribution in [0.2, 0.25) is 0 Å². The van der Waals surface area contributed by atoms with Gasteiger partial charge in [-0.3, -0.25) is 4.79 Å². The lowest BCUT2D eigenvalue weighted by Crippen LogP contribution is -2.22. The molecule has 0 spiro atoms. The Bertz CT molecular complexity index is 729. The van der Waals surface area contributed by atoms with Crippen molar-refractivity contribution in [2.24, 2.45) is 5.92 Å². The predicted molar refractivity (Wildman–Crippen MR) is 104 cm³/mol. The van der Waals surface area contributed by atoms with Gasteiger partial charge in [-0.25, -0.2) is 0 Å². The Morgan fingerprint density at radius 2 is 2.00 bits per heavy atom. The van der Waals surface area contributed by atoms with Crippen LogP contribution in [0.1, 0.15) is 30.0 Å². The van der Waals surface area contributed by atoms with E-state index < -0.39 is 5.97 Å². The maximum atomic E-state index is 11.0. The summed E-state index contributed by atoms with van der Waals surface area (Å²) in [5, 5.41) is 9.07. The average molecular weight is 353 g/mol. The summed E-state index contributed by atoms with van der Waals surface area (Å²) in [6.07, 6.45) is 2.63. The van der Waals surface area contributed by atoms with Crippen molar-refractivity contribution >= 4 is 11.7 Å². The van der Waals surface area contributed by atoms with Gasteiger partial charge in [-0.1, -0.05) is 49.4 Å². The van der Waals surface area contributed by atoms with Gasteiger partial charge in [-0.05, 0) is 42.0 Å². The van der Waals surface area contributed by atoms with Crippen LogP contribution in [0.3, 0.4) is 0 Å². The number of carbonyl (C=O) groups is 1. The summed E-state index contributed by atoms with van der Waals surface area (Å²) >= 11 is 0. The highest BCUT2D eigenvalue weighted by Gasteiger charge is 2.20. The normalized spacial score (nSPS) is 14.3. The first-order chi connectivity index (χ1) is 12.6. The highest BCUT2D eigenvalue weighted by Crippen LogP contribution is 2.29. The van der Waals surface area contributed by atoms with Gasteiger partial charge in [0.1, 0.15) is 0 Å². The van der Waals surface area contributed by atoms with E-state index in [2.05, 4.69) is 35.2 Å². The van der Waals surface area contributed by atoms with Crippen LogP contribution >= 0.6 is 0 Å². The summed E-state index contributed by atoms with van der Waals surface area (Å²) in [6, 6.07) is 16.7. The topological polar surface area (TPSA) is 49.8 Å². The van der Waals surface area contributed by atoms with Gasteiger partial charge >= 0.3 is 5.97 Å². The summed E-state index contributed by atoms with van der Waals surface area (Å²) in [5.74, 6) is -1.07. The van der Waals surface area contributed by atoms with Crippen LogP contribution in [0.4, 0.5) is 5.69 Å². The van der Waals surface area contributed by atoms with Crippen molar-refractivity contribution in [1.29, 1.82) is 0 Å². The minimum Gasteiger partial charge on any atom is -0.481 e. The molecule has 26 heavy (non-hydrogen) atoms. The molecule has 0 aliphatic carbocycles. The lowest BCUT2D eigenvalue weighted by Gasteiger charge is -2.19. The summed E-state index contributed by atoms with van der Waals surface area (Å²) in [6.45, 7) is 5.22. The van der Waals surface area contributed by atoms with Crippen LogP contribution in [0, 0.1) is 5.92 Å². The molecule has 0 bridgehead atoms. The largest absolute Gasteiger partial charge is 0.481 e. The molecule has 0 radical (unpaired) electrons. The predicted octanol–water partition coefficient (Wildman–Crippen LogP) is 3.92. The van der Waals surface area contributed by atoms with E-state index in [0.29, 0.717) is 13.0 Å². The van der Waals surface area contributed by atoms with Crippen LogP contribution < -0.4 is 4.90 Å². The van der Waals surface area contributed by atoms with Gasteiger partial charge in [-0.15, -0.1) is 0 Å². The molecule has 2 aromatic carbocycles. The summed E-state index contributed by atoms with van der Waals surface area (Å²) < 4.78 is 5.77. The number of ether oxygens (including phenoxy) is 1. The van der Waals surface area contributed by atoms with Gasteiger partial charge in [0.25, 0.3) is 0 Å². The van der Waals surface area contributed by atoms with Crippen LogP contribution in [0.25, 0.3) is 0 Å². The fourth-order valence-corrected chi connectivity index (χ4v) is 3.45. The maximum Gasteiger partial charge on any atom is 0.306 e. The number of hydrogen-bond acceptors (Lipinski definition) is 3. The van der Waals surface area contributed by atoms with E-state index >= 15 is 0 Å². The lowest BCUT2D eigenvalue weighted by atomic mass is 9.99. The van der Waals surface area contributed by atoms with Crippen molar-refractivity contribution in [1.82, 2.24) is 0 Å². The molecule has 3 rings (SSSR count). The van der Waals surface area contributed by atoms with Gasteiger partial charge in [0, 0.05) is 25.4 Å². The van der Waals surface area contributed by atoms with Crippen molar-refractivity contribution < 1.29 is 14.6 Å². The van der Waals surface area contributed by atoms with E-state index in [0.717, 1.165) is 38.1 Å². The fraction of sp³-hybridized carbons (Fsp3) is 0.409. The molecule has 1 heterocycles. The molecule has 1 aliphatic rings. The molecule has 2 aromatic rings. The second kappa shape index (κ2) is 8.86. The molecule has 0 aromatic heterocycles. The molecular formula is C22H27NO3. The Morgan fingerprint density at radius 3 is 2.77 bits per heavy atom. The minimum atomic E-state index is -0.734. The SMILES string of the molecule is CC(Cc1ccc2c(c1)CCN2CCCOCc1ccccc1)C(=O)O. The molecule has 138 valence electrons. The number of carboxylic acids is 1. The van der Waals surface area contributed by atoms with Crippen LogP contribution in [0.15, 0.2) is 48.5 Å². The third-order valence-electron chi connectivity index (χ3n) is 4.93. The second-order valence-corrected chi connectivity index (χ2v) is 7.04. The number of aliphatic carboxylic acids is 1. The average Bonchev–Trinajstić information content (AvgIpc) is 3.04. The molecule has 0 saturated carbocycles. The van der Waals surface area contributed by atoms with Crippen molar-refractivity contribution in [2.45, 2.75) is 32.8 Å². The third-order valence-corrected chi connectivity index (χ3v) is 4.93. The fourth-order valence-electron chi connectivity index (χ4n) is 3.45. The zero-order valence-electron chi connectivity index (χ0n) is 15.4. The molecule has 1 atom stereocenters. The Hall–Kier alpha value is -2.33. The quantitative estimate of drug-likeness (QED) is 0.694. The zero-order valence-corrected chi connectivity index (χ0v) is 15.4. The van der Waals surface area contributed by atoms with Crippen molar-refractivity contribution in [3.8, 4) is 0 Å². The number of rotatable bonds is 9. The van der Waals surface area contributed by atoms with Gasteiger partial charge in [0.2, 0.25) is 0 Å². The smallest absolute Gasteiger partial charge is 0.306 e. The lowest BCUT2D eigenvalue weighted by molar-refractivity contribution is -0.141. The molecule has 4 heteroatoms. The van der Waals surface area contributed by atoms with Gasteiger partial charge in [-0.2, -0.15) is 0 Å². The van der Waals surface area contributed by atoms with Crippen molar-refractivity contribution in [3.05, 3.63) is 65.2 Å². The molecule has 1 unspecified atom stereocenters. The zero-order chi connectivity index (χ0) is 18.4. The highest BCUT2D eigenvalue weighted by molar-refractivity contribution is 5.70. The first kappa shape index (κ1) is 18.5. The van der Waals surface area contributed by atoms with E-state index in [4.69, 9.17) is 9.84 Å². The maximum absolute atomic E-state index is 11.0. The Balaban J connectivity index is 1.45. The van der Waals surface area contributed by atoms with E-state index in [1.807, 2.05) is 18.2 Å². The Labute approximate surface area is 155 Å². The standard InChI is InChI=1S/C22H27NO3/c1-17(22(24)25)14-19-8-9-21-20(15-19)10-12-23(21)11-5-13-26-16-18-6-3-2-4-7-18/h2-4,6-9,15,17H,5,10-14,16H2,1H3,(H,24,25). The molecule has 0 fully saturated rings. The van der Waals surface area contributed by atoms with Crippen molar-refractivity contribution in [3.63, 3.8) is 0 Å². The van der Waals surface area contributed by atoms with Crippen molar-refractivity contribution in [2.75, 3.05) is 24.6 Å². The second-order valence-electron chi connectivity index (χ2n) is 7.04. The van der Waals surface area contributed by atoms with E-state index in [1.165, 1.54) is 16.8 Å². The molecule has 4 nitrogen and oxygen atoms in total. The molecule has 0 saturated heterocycles. The summed E-state index contributed by atoms with van der Waals surface area (Å²) in [5.41, 5.74) is 4.96. The van der Waals surface area contributed by atoms with E-state index in [1.54, 1.807) is 6.92 Å². The van der Waals surface area contributed by atoms with Crippen LogP contribution in [-0.4, -0.2) is 30.8 Å². The first-order valence-corrected chi connectivity index (χ1v) is 9.34. The van der Waals surface area contributed by atoms with E-state index in [9.17, 15) is 4.79 Å². The Morgan fingerprint density at radius 1 is 1.19 bits per heavy atom. The van der Waals surface area contributed by atoms with Crippen LogP contribution in [-0.2, 0) is 29.0 Å². The number of hydrogen-bond donors (Lipinski definition) is 1. The minimum absolute atomic E-state index is 0.340. The molecule has 1 N–H and O–H groups in total. The first-order valence-electron chi connectivity index (χ1n) is 9.34. The van der Waals surface area contributed by atoms with Gasteiger partial charge in [0.15, 0.2) is 0 Å². The number of anilines is 1. The van der Waals surface area contributed by atoms with Gasteiger partial charge < -0.3 is 14.7 Å². The van der Waals surface area contributed by atoms with Crippen LogP contribution in [0.5, 0.6) is 0 Å². The number of benzene rings is 2. The Kier molecular flexibility index (Phi) is 6.29. The molecular weight excluding hydrogens is 326 g/mol. The molecule has 0 amide bonds. The summed E-state index contributed by atoms with van der Waals surface area (Å²) in [4.78, 5) is 13.4. The monoisotopic (exact) mass is 353 g/mol. The molecule has 1 aliphatic heterocycles.